The molecule has 0 atom stereocenters. The Morgan fingerprint density at radius 3 is 2.32 bits per heavy atom. The second kappa shape index (κ2) is 8.14. The number of hydrogen-bond donors (Lipinski definition) is 2. The van der Waals surface area contributed by atoms with E-state index in [1.807, 2.05) is 30.3 Å². The van der Waals surface area contributed by atoms with Gasteiger partial charge in [0.15, 0.2) is 0 Å². The van der Waals surface area contributed by atoms with E-state index in [9.17, 15) is 14.4 Å². The van der Waals surface area contributed by atoms with Gasteiger partial charge in [0.25, 0.3) is 0 Å². The van der Waals surface area contributed by atoms with Crippen LogP contribution < -0.4 is 5.32 Å². The van der Waals surface area contributed by atoms with Crippen LogP contribution in [-0.2, 0) is 20.8 Å². The molecule has 2 N–H and O–H groups in total. The number of hydrogen-bond acceptors (Lipinski definition) is 3. The molecule has 0 unspecified atom stereocenters. The Labute approximate surface area is 148 Å². The second-order valence-corrected chi connectivity index (χ2v) is 7.06. The van der Waals surface area contributed by atoms with E-state index in [-0.39, 0.29) is 17.7 Å². The average molecular weight is 346 g/mol. The van der Waals surface area contributed by atoms with Gasteiger partial charge in [-0.2, -0.15) is 0 Å². The number of likely N-dealkylation sites (tertiary alicyclic amines) is 1. The molecule has 2 rings (SSSR count). The van der Waals surface area contributed by atoms with Crippen LogP contribution in [0, 0.1) is 5.92 Å². The third kappa shape index (κ3) is 5.31. The fraction of sp³-hybridized carbons (Fsp3) is 0.526. The molecule has 1 aliphatic rings. The van der Waals surface area contributed by atoms with Gasteiger partial charge in [0, 0.05) is 25.4 Å². The van der Waals surface area contributed by atoms with Crippen molar-refractivity contribution in [3.63, 3.8) is 0 Å². The number of carbonyl (C=O) groups is 3. The molecule has 1 aromatic carbocycles. The Kier molecular flexibility index (Phi) is 6.17. The standard InChI is InChI=1S/C19H26N2O4/c1-19(2,18(24)25)20-17(23)15-10-12-21(13-11-15)16(22)9-8-14-6-4-3-5-7-14/h3-7,15H,8-13H2,1-2H3,(H,20,23)(H,24,25). The van der Waals surface area contributed by atoms with Crippen molar-refractivity contribution in [1.29, 1.82) is 0 Å². The number of piperidine rings is 1. The number of rotatable bonds is 6. The van der Waals surface area contributed by atoms with Gasteiger partial charge in [-0.1, -0.05) is 30.3 Å². The van der Waals surface area contributed by atoms with E-state index < -0.39 is 11.5 Å². The smallest absolute Gasteiger partial charge is 0.328 e. The molecular formula is C19H26N2O4. The first-order chi connectivity index (χ1) is 11.8. The summed E-state index contributed by atoms with van der Waals surface area (Å²) in [6.07, 6.45) is 2.32. The van der Waals surface area contributed by atoms with Crippen LogP contribution in [0.2, 0.25) is 0 Å². The number of carbonyl (C=O) groups excluding carboxylic acids is 2. The third-order valence-corrected chi connectivity index (χ3v) is 4.66. The molecule has 0 saturated carbocycles. The van der Waals surface area contributed by atoms with Gasteiger partial charge in [-0.25, -0.2) is 4.79 Å². The van der Waals surface area contributed by atoms with E-state index in [2.05, 4.69) is 5.32 Å². The lowest BCUT2D eigenvalue weighted by molar-refractivity contribution is -0.147. The maximum atomic E-state index is 12.3. The molecule has 0 radical (unpaired) electrons. The zero-order valence-electron chi connectivity index (χ0n) is 14.8. The second-order valence-electron chi connectivity index (χ2n) is 7.06. The summed E-state index contributed by atoms with van der Waals surface area (Å²) in [7, 11) is 0. The van der Waals surface area contributed by atoms with Crippen molar-refractivity contribution in [3.8, 4) is 0 Å². The van der Waals surface area contributed by atoms with Crippen LogP contribution in [0.25, 0.3) is 0 Å². The van der Waals surface area contributed by atoms with Gasteiger partial charge in [-0.15, -0.1) is 0 Å². The number of carboxylic acid groups (broad SMARTS) is 1. The predicted molar refractivity (Wildman–Crippen MR) is 93.9 cm³/mol. The number of amides is 2. The van der Waals surface area contributed by atoms with Crippen LogP contribution in [0.4, 0.5) is 0 Å². The molecule has 1 aromatic rings. The van der Waals surface area contributed by atoms with Gasteiger partial charge in [0.05, 0.1) is 0 Å². The molecule has 2 amide bonds. The minimum Gasteiger partial charge on any atom is -0.480 e. The third-order valence-electron chi connectivity index (χ3n) is 4.66. The number of aliphatic carboxylic acids is 1. The summed E-state index contributed by atoms with van der Waals surface area (Å²) in [6, 6.07) is 9.89. The van der Waals surface area contributed by atoms with E-state index >= 15 is 0 Å². The van der Waals surface area contributed by atoms with Crippen molar-refractivity contribution in [2.75, 3.05) is 13.1 Å². The molecule has 1 saturated heterocycles. The number of nitrogens with zero attached hydrogens (tertiary/aromatic N) is 1. The first-order valence-corrected chi connectivity index (χ1v) is 8.67. The van der Waals surface area contributed by atoms with E-state index in [0.717, 1.165) is 5.56 Å². The van der Waals surface area contributed by atoms with Crippen LogP contribution in [0.15, 0.2) is 30.3 Å². The molecule has 0 bridgehead atoms. The Morgan fingerprint density at radius 1 is 1.16 bits per heavy atom. The highest BCUT2D eigenvalue weighted by Crippen LogP contribution is 2.19. The highest BCUT2D eigenvalue weighted by atomic mass is 16.4. The van der Waals surface area contributed by atoms with Gasteiger partial charge in [-0.3, -0.25) is 9.59 Å². The highest BCUT2D eigenvalue weighted by Gasteiger charge is 2.33. The van der Waals surface area contributed by atoms with E-state index in [4.69, 9.17) is 5.11 Å². The highest BCUT2D eigenvalue weighted by molar-refractivity contribution is 5.87. The Hall–Kier alpha value is -2.37. The zero-order chi connectivity index (χ0) is 18.4. The van der Waals surface area contributed by atoms with Gasteiger partial charge in [0.2, 0.25) is 11.8 Å². The summed E-state index contributed by atoms with van der Waals surface area (Å²) in [5, 5.41) is 11.7. The molecule has 0 spiro atoms. The minimum atomic E-state index is -1.28. The molecule has 1 heterocycles. The maximum absolute atomic E-state index is 12.3. The monoisotopic (exact) mass is 346 g/mol. The number of nitrogens with one attached hydrogen (secondary N) is 1. The Balaban J connectivity index is 1.78. The molecular weight excluding hydrogens is 320 g/mol. The van der Waals surface area contributed by atoms with Crippen LogP contribution in [-0.4, -0.2) is 46.4 Å². The van der Waals surface area contributed by atoms with Crippen molar-refractivity contribution in [1.82, 2.24) is 10.2 Å². The average Bonchev–Trinajstić information content (AvgIpc) is 2.60. The topological polar surface area (TPSA) is 86.7 Å². The van der Waals surface area contributed by atoms with Crippen molar-refractivity contribution in [3.05, 3.63) is 35.9 Å². The summed E-state index contributed by atoms with van der Waals surface area (Å²) in [6.45, 7) is 4.02. The number of aryl methyl sites for hydroxylation is 1. The predicted octanol–water partition coefficient (Wildman–Crippen LogP) is 1.84. The normalized spacial score (nSPS) is 15.7. The zero-order valence-corrected chi connectivity index (χ0v) is 14.8. The van der Waals surface area contributed by atoms with Crippen molar-refractivity contribution >= 4 is 17.8 Å². The van der Waals surface area contributed by atoms with E-state index in [1.165, 1.54) is 13.8 Å². The Morgan fingerprint density at radius 2 is 1.76 bits per heavy atom. The minimum absolute atomic E-state index is 0.105. The number of benzene rings is 1. The van der Waals surface area contributed by atoms with Crippen LogP contribution >= 0.6 is 0 Å². The lowest BCUT2D eigenvalue weighted by Gasteiger charge is -2.33. The quantitative estimate of drug-likeness (QED) is 0.823. The molecule has 6 nitrogen and oxygen atoms in total. The fourth-order valence-corrected chi connectivity index (χ4v) is 2.91. The lowest BCUT2D eigenvalue weighted by atomic mass is 9.94. The largest absolute Gasteiger partial charge is 0.480 e. The van der Waals surface area contributed by atoms with Crippen LogP contribution in [0.3, 0.4) is 0 Å². The van der Waals surface area contributed by atoms with Gasteiger partial charge in [0.1, 0.15) is 5.54 Å². The molecule has 1 aliphatic heterocycles. The van der Waals surface area contributed by atoms with Gasteiger partial charge >= 0.3 is 5.97 Å². The fourth-order valence-electron chi connectivity index (χ4n) is 2.91. The van der Waals surface area contributed by atoms with Crippen LogP contribution in [0.5, 0.6) is 0 Å². The van der Waals surface area contributed by atoms with Gasteiger partial charge < -0.3 is 15.3 Å². The van der Waals surface area contributed by atoms with Crippen molar-refractivity contribution in [2.24, 2.45) is 5.92 Å². The summed E-state index contributed by atoms with van der Waals surface area (Å²) in [4.78, 5) is 37.4. The number of carboxylic acids is 1. The lowest BCUT2D eigenvalue weighted by Crippen LogP contribution is -2.53. The molecule has 0 aliphatic carbocycles. The molecule has 1 fully saturated rings. The molecule has 0 aromatic heterocycles. The first-order valence-electron chi connectivity index (χ1n) is 8.67. The summed E-state index contributed by atoms with van der Waals surface area (Å²) < 4.78 is 0. The van der Waals surface area contributed by atoms with Crippen LogP contribution in [0.1, 0.15) is 38.7 Å². The van der Waals surface area contributed by atoms with Gasteiger partial charge in [-0.05, 0) is 38.7 Å². The van der Waals surface area contributed by atoms with E-state index in [1.54, 1.807) is 4.90 Å². The first kappa shape index (κ1) is 19.0. The summed E-state index contributed by atoms with van der Waals surface area (Å²) >= 11 is 0. The van der Waals surface area contributed by atoms with Crippen molar-refractivity contribution < 1.29 is 19.5 Å². The van der Waals surface area contributed by atoms with Crippen molar-refractivity contribution in [2.45, 2.75) is 45.1 Å². The SMILES string of the molecule is CC(C)(NC(=O)C1CCN(C(=O)CCc2ccccc2)CC1)C(=O)O. The summed E-state index contributed by atoms with van der Waals surface area (Å²) in [5.41, 5.74) is -0.138. The van der Waals surface area contributed by atoms with E-state index in [0.29, 0.717) is 38.8 Å². The molecule has 6 heteroatoms. The Bertz CT molecular complexity index is 620. The summed E-state index contributed by atoms with van der Waals surface area (Å²) in [5.74, 6) is -1.44. The molecule has 136 valence electrons. The maximum Gasteiger partial charge on any atom is 0.328 e. The molecule has 25 heavy (non-hydrogen) atoms.